The van der Waals surface area contributed by atoms with Crippen molar-refractivity contribution in [2.24, 2.45) is 0 Å². The lowest BCUT2D eigenvalue weighted by atomic mass is 10.1. The summed E-state index contributed by atoms with van der Waals surface area (Å²) in [6, 6.07) is 7.97. The highest BCUT2D eigenvalue weighted by molar-refractivity contribution is 9.10. The molecule has 0 radical (unpaired) electrons. The van der Waals surface area contributed by atoms with Gasteiger partial charge >= 0.3 is 12.1 Å². The number of methoxy groups -OCH3 is 1. The Morgan fingerprint density at radius 3 is 2.45 bits per heavy atom. The van der Waals surface area contributed by atoms with Gasteiger partial charge in [0.2, 0.25) is 0 Å². The van der Waals surface area contributed by atoms with Crippen molar-refractivity contribution < 1.29 is 32.6 Å². The van der Waals surface area contributed by atoms with Crippen LogP contribution in [0.25, 0.3) is 0 Å². The maximum Gasteiger partial charge on any atom is 0.408 e. The Labute approximate surface area is 188 Å². The highest BCUT2D eigenvalue weighted by atomic mass is 79.9. The van der Waals surface area contributed by atoms with E-state index in [9.17, 15) is 18.4 Å². The van der Waals surface area contributed by atoms with E-state index in [1.807, 2.05) is 0 Å². The average molecular weight is 500 g/mol. The predicted molar refractivity (Wildman–Crippen MR) is 114 cm³/mol. The van der Waals surface area contributed by atoms with Crippen LogP contribution in [-0.2, 0) is 27.3 Å². The Balaban J connectivity index is 2.08. The molecule has 0 spiro atoms. The van der Waals surface area contributed by atoms with E-state index < -0.39 is 35.3 Å². The van der Waals surface area contributed by atoms with E-state index in [4.69, 9.17) is 14.2 Å². The molecule has 0 aliphatic rings. The summed E-state index contributed by atoms with van der Waals surface area (Å²) in [4.78, 5) is 24.2. The van der Waals surface area contributed by atoms with Crippen LogP contribution in [-0.4, -0.2) is 30.8 Å². The quantitative estimate of drug-likeness (QED) is 0.432. The predicted octanol–water partition coefficient (Wildman–Crippen LogP) is 4.92. The molecule has 0 unspecified atom stereocenters. The van der Waals surface area contributed by atoms with Crippen LogP contribution < -0.4 is 10.1 Å². The van der Waals surface area contributed by atoms with Crippen molar-refractivity contribution in [2.75, 3.05) is 7.11 Å². The monoisotopic (exact) mass is 499 g/mol. The van der Waals surface area contributed by atoms with Crippen molar-refractivity contribution in [1.29, 1.82) is 0 Å². The second-order valence-corrected chi connectivity index (χ2v) is 8.57. The smallest absolute Gasteiger partial charge is 0.408 e. The van der Waals surface area contributed by atoms with Crippen LogP contribution in [0, 0.1) is 11.6 Å². The van der Waals surface area contributed by atoms with Gasteiger partial charge in [0.25, 0.3) is 0 Å². The molecule has 0 aromatic heterocycles. The number of ether oxygens (including phenoxy) is 3. The first-order valence-corrected chi connectivity index (χ1v) is 10.2. The van der Waals surface area contributed by atoms with E-state index in [1.165, 1.54) is 7.11 Å². The SMILES string of the molecule is COC(=O)[C@H](Cc1cccc(OCc2cc(F)c(F)cc2Br)c1)NC(=O)OC(C)(C)C. The molecule has 0 aliphatic carbocycles. The molecule has 1 atom stereocenters. The summed E-state index contributed by atoms with van der Waals surface area (Å²) in [5, 5.41) is 2.51. The number of carbonyl (C=O) groups excluding carboxylic acids is 2. The van der Waals surface area contributed by atoms with Crippen LogP contribution in [0.15, 0.2) is 40.9 Å². The molecule has 6 nitrogen and oxygen atoms in total. The summed E-state index contributed by atoms with van der Waals surface area (Å²) in [5.41, 5.74) is 0.406. The van der Waals surface area contributed by atoms with Gasteiger partial charge in [0, 0.05) is 16.5 Å². The van der Waals surface area contributed by atoms with Crippen LogP contribution in [0.5, 0.6) is 5.75 Å². The van der Waals surface area contributed by atoms with E-state index in [-0.39, 0.29) is 13.0 Å². The standard InChI is InChI=1S/C22H24BrF2NO5/c1-22(2,3)31-21(28)26-19(20(27)29-4)9-13-6-5-7-15(8-13)30-12-14-10-17(24)18(25)11-16(14)23/h5-8,10-11,19H,9,12H2,1-4H3,(H,26,28)/t19-/m0/s1. The molecular weight excluding hydrogens is 476 g/mol. The van der Waals surface area contributed by atoms with Crippen molar-refractivity contribution in [3.05, 3.63) is 63.6 Å². The summed E-state index contributed by atoms with van der Waals surface area (Å²) in [6.45, 7) is 5.14. The molecule has 2 rings (SSSR count). The number of hydrogen-bond acceptors (Lipinski definition) is 5. The van der Waals surface area contributed by atoms with Crippen molar-refractivity contribution >= 4 is 28.0 Å². The zero-order valence-corrected chi connectivity index (χ0v) is 19.2. The first-order valence-electron chi connectivity index (χ1n) is 9.41. The van der Waals surface area contributed by atoms with E-state index in [2.05, 4.69) is 21.2 Å². The van der Waals surface area contributed by atoms with Crippen molar-refractivity contribution in [2.45, 2.75) is 45.4 Å². The molecule has 1 N–H and O–H groups in total. The molecule has 0 bridgehead atoms. The Kier molecular flexibility index (Phi) is 8.38. The topological polar surface area (TPSA) is 73.9 Å². The minimum absolute atomic E-state index is 0.00216. The number of hydrogen-bond donors (Lipinski definition) is 1. The van der Waals surface area contributed by atoms with E-state index in [0.717, 1.165) is 12.1 Å². The van der Waals surface area contributed by atoms with Crippen LogP contribution in [0.3, 0.4) is 0 Å². The lowest BCUT2D eigenvalue weighted by Crippen LogP contribution is -2.45. The molecule has 2 aromatic rings. The van der Waals surface area contributed by atoms with Gasteiger partial charge in [-0.15, -0.1) is 0 Å². The fourth-order valence-electron chi connectivity index (χ4n) is 2.62. The van der Waals surface area contributed by atoms with Crippen LogP contribution in [0.4, 0.5) is 13.6 Å². The molecule has 2 aromatic carbocycles. The van der Waals surface area contributed by atoms with Crippen LogP contribution in [0.1, 0.15) is 31.9 Å². The Bertz CT molecular complexity index is 946. The van der Waals surface area contributed by atoms with Gasteiger partial charge in [-0.05, 0) is 50.6 Å². The Hall–Kier alpha value is -2.68. The van der Waals surface area contributed by atoms with E-state index in [1.54, 1.807) is 45.0 Å². The van der Waals surface area contributed by atoms with Crippen molar-refractivity contribution in [3.63, 3.8) is 0 Å². The van der Waals surface area contributed by atoms with Gasteiger partial charge in [0.1, 0.15) is 24.0 Å². The molecule has 9 heteroatoms. The molecule has 0 fully saturated rings. The van der Waals surface area contributed by atoms with Crippen LogP contribution in [0.2, 0.25) is 0 Å². The molecule has 0 saturated carbocycles. The highest BCUT2D eigenvalue weighted by Crippen LogP contribution is 2.23. The van der Waals surface area contributed by atoms with Gasteiger partial charge in [-0.1, -0.05) is 28.1 Å². The van der Waals surface area contributed by atoms with E-state index in [0.29, 0.717) is 21.3 Å². The highest BCUT2D eigenvalue weighted by Gasteiger charge is 2.25. The third-order valence-electron chi connectivity index (χ3n) is 4.00. The zero-order valence-electron chi connectivity index (χ0n) is 17.6. The summed E-state index contributed by atoms with van der Waals surface area (Å²) in [5.74, 6) is -2.09. The molecule has 1 amide bonds. The fraction of sp³-hybridized carbons (Fsp3) is 0.364. The molecule has 0 aliphatic heterocycles. The van der Waals surface area contributed by atoms with Gasteiger partial charge in [-0.25, -0.2) is 18.4 Å². The third-order valence-corrected chi connectivity index (χ3v) is 4.74. The molecule has 31 heavy (non-hydrogen) atoms. The Morgan fingerprint density at radius 2 is 1.81 bits per heavy atom. The van der Waals surface area contributed by atoms with Gasteiger partial charge < -0.3 is 19.5 Å². The average Bonchev–Trinajstić information content (AvgIpc) is 2.67. The molecule has 168 valence electrons. The third kappa shape index (κ3) is 7.82. The number of rotatable bonds is 7. The van der Waals surface area contributed by atoms with E-state index >= 15 is 0 Å². The first-order chi connectivity index (χ1) is 14.5. The zero-order chi connectivity index (χ0) is 23.2. The van der Waals surface area contributed by atoms with Gasteiger partial charge in [-0.3, -0.25) is 0 Å². The first kappa shape index (κ1) is 24.6. The number of benzene rings is 2. The van der Waals surface area contributed by atoms with Gasteiger partial charge in [0.15, 0.2) is 11.6 Å². The number of nitrogens with one attached hydrogen (secondary N) is 1. The lowest BCUT2D eigenvalue weighted by molar-refractivity contribution is -0.143. The normalized spacial score (nSPS) is 12.1. The van der Waals surface area contributed by atoms with Gasteiger partial charge in [0.05, 0.1) is 7.11 Å². The van der Waals surface area contributed by atoms with Crippen molar-refractivity contribution in [3.8, 4) is 5.75 Å². The summed E-state index contributed by atoms with van der Waals surface area (Å²) in [6.07, 6.45) is -0.601. The minimum atomic E-state index is -0.968. The number of carbonyl (C=O) groups is 2. The fourth-order valence-corrected chi connectivity index (χ4v) is 3.05. The van der Waals surface area contributed by atoms with Crippen molar-refractivity contribution in [1.82, 2.24) is 5.32 Å². The maximum atomic E-state index is 13.5. The second kappa shape index (κ2) is 10.6. The lowest BCUT2D eigenvalue weighted by Gasteiger charge is -2.22. The number of halogens is 3. The summed E-state index contributed by atoms with van der Waals surface area (Å²) in [7, 11) is 1.23. The molecular formula is C22H24BrF2NO5. The number of esters is 1. The number of amides is 1. The molecule has 0 saturated heterocycles. The van der Waals surface area contributed by atoms with Crippen LogP contribution >= 0.6 is 15.9 Å². The summed E-state index contributed by atoms with van der Waals surface area (Å²) >= 11 is 3.18. The number of alkyl carbamates (subject to hydrolysis) is 1. The second-order valence-electron chi connectivity index (χ2n) is 7.72. The summed E-state index contributed by atoms with van der Waals surface area (Å²) < 4.78 is 42.8. The maximum absolute atomic E-state index is 13.5. The Morgan fingerprint density at radius 1 is 1.13 bits per heavy atom. The minimum Gasteiger partial charge on any atom is -0.489 e. The largest absolute Gasteiger partial charge is 0.489 e. The van der Waals surface area contributed by atoms with Gasteiger partial charge in [-0.2, -0.15) is 0 Å². The molecule has 0 heterocycles.